The number of nitrogens with one attached hydrogen (secondary N) is 1. The molecule has 7 nitrogen and oxygen atoms in total. The fraction of sp³-hybridized carbons (Fsp3) is 0.455. The third-order valence-corrected chi connectivity index (χ3v) is 6.81. The Balaban J connectivity index is 1.29. The minimum Gasteiger partial charge on any atom is -0.360 e. The van der Waals surface area contributed by atoms with Crippen molar-refractivity contribution in [2.24, 2.45) is 0 Å². The summed E-state index contributed by atoms with van der Waals surface area (Å²) in [6.07, 6.45) is 9.88. The molecule has 1 N–H and O–H groups in total. The van der Waals surface area contributed by atoms with E-state index in [0.29, 0.717) is 11.1 Å². The van der Waals surface area contributed by atoms with Gasteiger partial charge in [0.2, 0.25) is 0 Å². The first-order chi connectivity index (χ1) is 15.2. The normalized spacial score (nSPS) is 17.8. The molecule has 2 fully saturated rings. The van der Waals surface area contributed by atoms with Gasteiger partial charge in [0.05, 0.1) is 17.3 Å². The van der Waals surface area contributed by atoms with E-state index in [1.807, 2.05) is 35.1 Å². The van der Waals surface area contributed by atoms with Gasteiger partial charge >= 0.3 is 0 Å². The van der Waals surface area contributed by atoms with Crippen LogP contribution in [0.3, 0.4) is 0 Å². The molecule has 1 saturated heterocycles. The number of anilines is 1. The molecule has 0 atom stereocenters. The van der Waals surface area contributed by atoms with E-state index in [1.54, 1.807) is 6.33 Å². The van der Waals surface area contributed by atoms with Crippen molar-refractivity contribution < 1.29 is 0 Å². The van der Waals surface area contributed by atoms with Crippen molar-refractivity contribution in [2.45, 2.75) is 38.1 Å². The van der Waals surface area contributed by atoms with Crippen LogP contribution in [-0.2, 0) is 0 Å². The van der Waals surface area contributed by atoms with Crippen LogP contribution >= 0.6 is 23.8 Å². The van der Waals surface area contributed by atoms with Gasteiger partial charge in [0.25, 0.3) is 0 Å². The Morgan fingerprint density at radius 1 is 1.06 bits per heavy atom. The predicted octanol–water partition coefficient (Wildman–Crippen LogP) is 3.80. The number of thiocarbonyl (C=S) groups is 1. The van der Waals surface area contributed by atoms with Crippen LogP contribution in [0.25, 0.3) is 16.7 Å². The number of benzene rings is 1. The first kappa shape index (κ1) is 20.5. The first-order valence-electron chi connectivity index (χ1n) is 10.9. The highest BCUT2D eigenvalue weighted by Gasteiger charge is 2.24. The molecule has 31 heavy (non-hydrogen) atoms. The Labute approximate surface area is 192 Å². The van der Waals surface area contributed by atoms with Crippen LogP contribution in [0, 0.1) is 0 Å². The molecule has 3 aromatic rings. The average Bonchev–Trinajstić information content (AvgIpc) is 3.24. The van der Waals surface area contributed by atoms with E-state index < -0.39 is 0 Å². The number of hydrogen-bond acceptors (Lipinski definition) is 5. The molecule has 0 bridgehead atoms. The Bertz CT molecular complexity index is 1070. The standard InChI is InChI=1S/C22H26ClN7S/c23-16-5-4-8-18(13-16)30-21-19(14-26-30)20(24-15-25-21)28-9-11-29(12-10-28)22(31)27-17-6-2-1-3-7-17/h4-5,8,13-15,17H,1-3,6-7,9-12H2,(H,27,31). The number of halogens is 1. The van der Waals surface area contributed by atoms with E-state index in [2.05, 4.69) is 30.2 Å². The lowest BCUT2D eigenvalue weighted by molar-refractivity contribution is 0.354. The van der Waals surface area contributed by atoms with Gasteiger partial charge < -0.3 is 15.1 Å². The van der Waals surface area contributed by atoms with Crippen LogP contribution in [0.4, 0.5) is 5.82 Å². The predicted molar refractivity (Wildman–Crippen MR) is 128 cm³/mol. The molecule has 162 valence electrons. The molecule has 1 aliphatic heterocycles. The summed E-state index contributed by atoms with van der Waals surface area (Å²) in [6.45, 7) is 3.49. The van der Waals surface area contributed by atoms with Gasteiger partial charge in [-0.3, -0.25) is 0 Å². The lowest BCUT2D eigenvalue weighted by Gasteiger charge is -2.38. The fourth-order valence-corrected chi connectivity index (χ4v) is 5.05. The smallest absolute Gasteiger partial charge is 0.169 e. The number of hydrogen-bond donors (Lipinski definition) is 1. The zero-order chi connectivity index (χ0) is 21.2. The quantitative estimate of drug-likeness (QED) is 0.602. The SMILES string of the molecule is S=C(NC1CCCCC1)N1CCN(c2ncnc3c2cnn3-c2cccc(Cl)c2)CC1. The molecule has 1 aromatic carbocycles. The fourth-order valence-electron chi connectivity index (χ4n) is 4.51. The molecule has 0 radical (unpaired) electrons. The molecule has 2 aromatic heterocycles. The number of nitrogens with zero attached hydrogens (tertiary/aromatic N) is 6. The van der Waals surface area contributed by atoms with Crippen LogP contribution in [0.1, 0.15) is 32.1 Å². The summed E-state index contributed by atoms with van der Waals surface area (Å²) in [6, 6.07) is 8.16. The van der Waals surface area contributed by atoms with Crippen molar-refractivity contribution in [3.63, 3.8) is 0 Å². The Kier molecular flexibility index (Phi) is 5.91. The zero-order valence-electron chi connectivity index (χ0n) is 17.4. The van der Waals surface area contributed by atoms with Gasteiger partial charge in [0.1, 0.15) is 12.1 Å². The molecule has 5 rings (SSSR count). The number of aromatic nitrogens is 4. The van der Waals surface area contributed by atoms with E-state index in [1.165, 1.54) is 32.1 Å². The Morgan fingerprint density at radius 2 is 1.87 bits per heavy atom. The minimum absolute atomic E-state index is 0.540. The van der Waals surface area contributed by atoms with E-state index >= 15 is 0 Å². The summed E-state index contributed by atoms with van der Waals surface area (Å²) < 4.78 is 1.81. The molecular formula is C22H26ClN7S. The summed E-state index contributed by atoms with van der Waals surface area (Å²) in [5, 5.41) is 10.7. The summed E-state index contributed by atoms with van der Waals surface area (Å²) >= 11 is 11.9. The lowest BCUT2D eigenvalue weighted by atomic mass is 9.96. The van der Waals surface area contributed by atoms with Gasteiger partial charge in [0, 0.05) is 37.2 Å². The van der Waals surface area contributed by atoms with Crippen molar-refractivity contribution in [1.29, 1.82) is 0 Å². The van der Waals surface area contributed by atoms with Gasteiger partial charge in [-0.25, -0.2) is 14.6 Å². The monoisotopic (exact) mass is 455 g/mol. The lowest BCUT2D eigenvalue weighted by Crippen LogP contribution is -2.53. The maximum absolute atomic E-state index is 6.16. The van der Waals surface area contributed by atoms with E-state index in [0.717, 1.165) is 53.8 Å². The van der Waals surface area contributed by atoms with Crippen LogP contribution in [-0.4, -0.2) is 62.0 Å². The van der Waals surface area contributed by atoms with Gasteiger partial charge in [-0.1, -0.05) is 36.9 Å². The largest absolute Gasteiger partial charge is 0.360 e. The summed E-state index contributed by atoms with van der Waals surface area (Å²) in [4.78, 5) is 13.7. The topological polar surface area (TPSA) is 62.1 Å². The zero-order valence-corrected chi connectivity index (χ0v) is 18.9. The summed E-state index contributed by atoms with van der Waals surface area (Å²) in [5.41, 5.74) is 1.67. The van der Waals surface area contributed by atoms with Crippen LogP contribution < -0.4 is 10.2 Å². The number of fused-ring (bicyclic) bond motifs is 1. The molecule has 0 amide bonds. The van der Waals surface area contributed by atoms with Crippen LogP contribution in [0.15, 0.2) is 36.8 Å². The van der Waals surface area contributed by atoms with Crippen molar-refractivity contribution in [3.8, 4) is 5.69 Å². The molecule has 9 heteroatoms. The molecule has 3 heterocycles. The van der Waals surface area contributed by atoms with Crippen LogP contribution in [0.2, 0.25) is 5.02 Å². The Morgan fingerprint density at radius 3 is 2.65 bits per heavy atom. The highest BCUT2D eigenvalue weighted by molar-refractivity contribution is 7.80. The molecule has 1 saturated carbocycles. The first-order valence-corrected chi connectivity index (χ1v) is 11.7. The molecular weight excluding hydrogens is 430 g/mol. The molecule has 0 spiro atoms. The minimum atomic E-state index is 0.540. The van der Waals surface area contributed by atoms with Gasteiger partial charge in [-0.15, -0.1) is 0 Å². The highest BCUT2D eigenvalue weighted by Crippen LogP contribution is 2.26. The molecule has 2 aliphatic rings. The third kappa shape index (κ3) is 4.32. The van der Waals surface area contributed by atoms with Crippen molar-refractivity contribution in [1.82, 2.24) is 30.0 Å². The van der Waals surface area contributed by atoms with Gasteiger partial charge in [-0.2, -0.15) is 5.10 Å². The van der Waals surface area contributed by atoms with Gasteiger partial charge in [-0.05, 0) is 43.3 Å². The number of rotatable bonds is 3. The highest BCUT2D eigenvalue weighted by atomic mass is 35.5. The number of piperazine rings is 1. The second-order valence-electron chi connectivity index (χ2n) is 8.23. The van der Waals surface area contributed by atoms with Crippen LogP contribution in [0.5, 0.6) is 0 Å². The van der Waals surface area contributed by atoms with Gasteiger partial charge in [0.15, 0.2) is 10.8 Å². The van der Waals surface area contributed by atoms with E-state index in [9.17, 15) is 0 Å². The maximum atomic E-state index is 6.16. The maximum Gasteiger partial charge on any atom is 0.169 e. The summed E-state index contributed by atoms with van der Waals surface area (Å²) in [7, 11) is 0. The second kappa shape index (κ2) is 8.96. The van der Waals surface area contributed by atoms with E-state index in [-0.39, 0.29) is 0 Å². The third-order valence-electron chi connectivity index (χ3n) is 6.20. The molecule has 0 unspecified atom stereocenters. The Hall–Kier alpha value is -2.45. The van der Waals surface area contributed by atoms with Crippen molar-refractivity contribution in [3.05, 3.63) is 41.8 Å². The average molecular weight is 456 g/mol. The second-order valence-corrected chi connectivity index (χ2v) is 9.05. The molecule has 1 aliphatic carbocycles. The van der Waals surface area contributed by atoms with Crippen molar-refractivity contribution >= 4 is 45.8 Å². The van der Waals surface area contributed by atoms with Crippen molar-refractivity contribution in [2.75, 3.05) is 31.1 Å². The van der Waals surface area contributed by atoms with E-state index in [4.69, 9.17) is 23.8 Å². The summed E-state index contributed by atoms with van der Waals surface area (Å²) in [5.74, 6) is 0.920.